The van der Waals surface area contributed by atoms with Crippen molar-refractivity contribution in [2.45, 2.75) is 44.3 Å². The minimum absolute atomic E-state index is 0.510. The van der Waals surface area contributed by atoms with Crippen LogP contribution in [-0.4, -0.2) is 76.5 Å². The zero-order valence-corrected chi connectivity index (χ0v) is 23.9. The van der Waals surface area contributed by atoms with Crippen molar-refractivity contribution in [1.82, 2.24) is 29.8 Å². The Morgan fingerprint density at radius 1 is 1.05 bits per heavy atom. The molecule has 10 heteroatoms. The number of piperazine rings is 1. The Labute approximate surface area is 245 Å². The molecule has 8 rings (SSSR count). The standard InChI is InChI=1S/C32H36N8O2/c1-41-31-5-2-23(15-36-31)18-39-26-12-27(39)20-38(19-26)30-4-3-24(16-35-30)29-13-28(21-40-32(29)25(14-33)17-37-40)42-11-8-22-6-9-34-10-7-22/h2-5,13,15-17,21-22,26-27,34H,6-12,18-20H2,1H3. The van der Waals surface area contributed by atoms with Crippen molar-refractivity contribution in [2.75, 3.05) is 44.8 Å². The number of rotatable bonds is 9. The number of methoxy groups -OCH3 is 1. The molecular weight excluding hydrogens is 528 g/mol. The van der Waals surface area contributed by atoms with Crippen LogP contribution in [0.15, 0.2) is 55.1 Å². The van der Waals surface area contributed by atoms with E-state index in [1.165, 1.54) is 24.8 Å². The molecule has 4 aliphatic rings. The van der Waals surface area contributed by atoms with Gasteiger partial charge in [-0.15, -0.1) is 0 Å². The number of aromatic nitrogens is 4. The molecule has 4 fully saturated rings. The monoisotopic (exact) mass is 564 g/mol. The van der Waals surface area contributed by atoms with Crippen LogP contribution >= 0.6 is 0 Å². The van der Waals surface area contributed by atoms with E-state index in [1.807, 2.05) is 30.7 Å². The average molecular weight is 565 g/mol. The lowest BCUT2D eigenvalue weighted by molar-refractivity contribution is -0.00876. The smallest absolute Gasteiger partial charge is 0.212 e. The van der Waals surface area contributed by atoms with Crippen LogP contribution in [-0.2, 0) is 6.54 Å². The van der Waals surface area contributed by atoms with E-state index in [-0.39, 0.29) is 0 Å². The summed E-state index contributed by atoms with van der Waals surface area (Å²) in [5, 5.41) is 17.6. The summed E-state index contributed by atoms with van der Waals surface area (Å²) in [4.78, 5) is 14.2. The molecule has 4 aromatic heterocycles. The zero-order chi connectivity index (χ0) is 28.5. The maximum atomic E-state index is 9.76. The Kier molecular flexibility index (Phi) is 7.36. The van der Waals surface area contributed by atoms with Gasteiger partial charge in [-0.3, -0.25) is 4.90 Å². The van der Waals surface area contributed by atoms with Crippen LogP contribution in [0.4, 0.5) is 5.82 Å². The van der Waals surface area contributed by atoms with E-state index >= 15 is 0 Å². The highest BCUT2D eigenvalue weighted by atomic mass is 16.5. The molecule has 1 N–H and O–H groups in total. The van der Waals surface area contributed by atoms with Gasteiger partial charge in [-0.1, -0.05) is 6.07 Å². The first-order valence-electron chi connectivity index (χ1n) is 14.9. The fraction of sp³-hybridized carbons (Fsp3) is 0.438. The molecule has 2 atom stereocenters. The Hall–Kier alpha value is -4.20. The minimum atomic E-state index is 0.510. The fourth-order valence-corrected chi connectivity index (χ4v) is 6.69. The second-order valence-electron chi connectivity index (χ2n) is 11.6. The number of pyridine rings is 3. The van der Waals surface area contributed by atoms with Crippen molar-refractivity contribution >= 4 is 11.3 Å². The summed E-state index contributed by atoms with van der Waals surface area (Å²) in [6.07, 6.45) is 12.0. The van der Waals surface area contributed by atoms with E-state index in [2.05, 4.69) is 49.5 Å². The lowest BCUT2D eigenvalue weighted by Crippen LogP contribution is -2.68. The van der Waals surface area contributed by atoms with E-state index in [1.54, 1.807) is 17.8 Å². The molecule has 0 radical (unpaired) electrons. The van der Waals surface area contributed by atoms with Gasteiger partial charge in [0.25, 0.3) is 0 Å². The Balaban J connectivity index is 1.05. The molecule has 0 spiro atoms. The molecular formula is C32H36N8O2. The van der Waals surface area contributed by atoms with Crippen LogP contribution in [0.3, 0.4) is 0 Å². The van der Waals surface area contributed by atoms with E-state index in [4.69, 9.17) is 14.5 Å². The summed E-state index contributed by atoms with van der Waals surface area (Å²) >= 11 is 0. The van der Waals surface area contributed by atoms with Crippen LogP contribution in [0.2, 0.25) is 0 Å². The normalized spacial score (nSPS) is 20.7. The highest BCUT2D eigenvalue weighted by Gasteiger charge is 2.44. The first-order valence-corrected chi connectivity index (χ1v) is 14.9. The minimum Gasteiger partial charge on any atom is -0.492 e. The number of nitrogens with zero attached hydrogens (tertiary/aromatic N) is 7. The van der Waals surface area contributed by atoms with Gasteiger partial charge in [0.15, 0.2) is 0 Å². The predicted molar refractivity (Wildman–Crippen MR) is 160 cm³/mol. The molecule has 0 aliphatic carbocycles. The molecule has 4 saturated heterocycles. The van der Waals surface area contributed by atoms with Gasteiger partial charge in [-0.05, 0) is 68.5 Å². The van der Waals surface area contributed by atoms with E-state index in [0.717, 1.165) is 67.4 Å². The number of ether oxygens (including phenoxy) is 2. The molecule has 4 aliphatic heterocycles. The third kappa shape index (κ3) is 5.26. The molecule has 0 aromatic carbocycles. The molecule has 8 heterocycles. The zero-order valence-electron chi connectivity index (χ0n) is 23.9. The van der Waals surface area contributed by atoms with Gasteiger partial charge in [-0.25, -0.2) is 14.5 Å². The van der Waals surface area contributed by atoms with Gasteiger partial charge >= 0.3 is 0 Å². The molecule has 216 valence electrons. The quantitative estimate of drug-likeness (QED) is 0.324. The van der Waals surface area contributed by atoms with Crippen LogP contribution in [0.5, 0.6) is 11.6 Å². The second kappa shape index (κ2) is 11.6. The van der Waals surface area contributed by atoms with Crippen LogP contribution in [0, 0.1) is 17.2 Å². The van der Waals surface area contributed by atoms with Crippen LogP contribution in [0.1, 0.15) is 36.8 Å². The fourth-order valence-electron chi connectivity index (χ4n) is 6.69. The van der Waals surface area contributed by atoms with Crippen molar-refractivity contribution in [2.24, 2.45) is 5.92 Å². The van der Waals surface area contributed by atoms with Gasteiger partial charge in [0.1, 0.15) is 17.6 Å². The summed E-state index contributed by atoms with van der Waals surface area (Å²) in [6.45, 7) is 5.67. The largest absolute Gasteiger partial charge is 0.492 e. The maximum absolute atomic E-state index is 9.76. The highest BCUT2D eigenvalue weighted by Crippen LogP contribution is 2.36. The lowest BCUT2D eigenvalue weighted by Gasteiger charge is -2.56. The molecule has 4 aromatic rings. The van der Waals surface area contributed by atoms with Crippen molar-refractivity contribution in [1.29, 1.82) is 5.26 Å². The van der Waals surface area contributed by atoms with Crippen molar-refractivity contribution in [3.05, 3.63) is 66.2 Å². The van der Waals surface area contributed by atoms with Gasteiger partial charge in [0.05, 0.1) is 37.2 Å². The first kappa shape index (κ1) is 26.7. The van der Waals surface area contributed by atoms with Crippen molar-refractivity contribution < 1.29 is 9.47 Å². The molecule has 0 amide bonds. The van der Waals surface area contributed by atoms with E-state index in [0.29, 0.717) is 36.1 Å². The summed E-state index contributed by atoms with van der Waals surface area (Å²) in [6, 6.07) is 13.6. The van der Waals surface area contributed by atoms with Gasteiger partial charge in [-0.2, -0.15) is 10.4 Å². The number of piperidine rings is 2. The van der Waals surface area contributed by atoms with Crippen LogP contribution < -0.4 is 19.7 Å². The van der Waals surface area contributed by atoms with Gasteiger partial charge in [0.2, 0.25) is 5.88 Å². The maximum Gasteiger partial charge on any atom is 0.212 e. The Morgan fingerprint density at radius 3 is 2.62 bits per heavy atom. The topological polar surface area (TPSA) is 104 Å². The highest BCUT2D eigenvalue weighted by molar-refractivity contribution is 5.85. The molecule has 10 nitrogen and oxygen atoms in total. The Bertz CT molecular complexity index is 1560. The first-order chi connectivity index (χ1) is 20.7. The van der Waals surface area contributed by atoms with Crippen LogP contribution in [0.25, 0.3) is 16.6 Å². The average Bonchev–Trinajstić information content (AvgIpc) is 3.47. The number of anilines is 1. The molecule has 42 heavy (non-hydrogen) atoms. The summed E-state index contributed by atoms with van der Waals surface area (Å²) in [5.74, 6) is 3.09. The summed E-state index contributed by atoms with van der Waals surface area (Å²) < 4.78 is 13.2. The predicted octanol–water partition coefficient (Wildman–Crippen LogP) is 3.90. The number of nitrogens with one attached hydrogen (secondary N) is 1. The number of hydrogen-bond acceptors (Lipinski definition) is 9. The number of fused-ring (bicyclic) bond motifs is 3. The third-order valence-electron chi connectivity index (χ3n) is 9.06. The Morgan fingerprint density at radius 2 is 1.90 bits per heavy atom. The molecule has 0 saturated carbocycles. The van der Waals surface area contributed by atoms with E-state index in [9.17, 15) is 5.26 Å². The second-order valence-corrected chi connectivity index (χ2v) is 11.6. The number of nitriles is 1. The SMILES string of the molecule is COc1ccc(CN2C3CC2CN(c2ccc(-c4cc(OCCC5CCNCC5)cn5ncc(C#N)c45)cn2)C3)cn1. The van der Waals surface area contributed by atoms with Gasteiger partial charge < -0.3 is 19.7 Å². The third-order valence-corrected chi connectivity index (χ3v) is 9.06. The van der Waals surface area contributed by atoms with Crippen molar-refractivity contribution in [3.63, 3.8) is 0 Å². The van der Waals surface area contributed by atoms with Crippen molar-refractivity contribution in [3.8, 4) is 28.8 Å². The number of hydrogen-bond donors (Lipinski definition) is 1. The molecule has 2 bridgehead atoms. The summed E-state index contributed by atoms with van der Waals surface area (Å²) in [5.41, 5.74) is 4.38. The molecule has 2 unspecified atom stereocenters. The van der Waals surface area contributed by atoms with Gasteiger partial charge in [0, 0.05) is 61.3 Å². The summed E-state index contributed by atoms with van der Waals surface area (Å²) in [7, 11) is 1.64. The lowest BCUT2D eigenvalue weighted by atomic mass is 9.87. The van der Waals surface area contributed by atoms with E-state index < -0.39 is 0 Å².